The molecule has 0 bridgehead atoms. The predicted molar refractivity (Wildman–Crippen MR) is 74.9 cm³/mol. The van der Waals surface area contributed by atoms with Crippen LogP contribution in [-0.4, -0.2) is 11.0 Å². The number of rotatable bonds is 2. The molecule has 0 unspecified atom stereocenters. The molecule has 3 nitrogen and oxygen atoms in total. The third-order valence-corrected chi connectivity index (χ3v) is 3.23. The summed E-state index contributed by atoms with van der Waals surface area (Å²) >= 11 is 3.33. The van der Waals surface area contributed by atoms with Crippen LogP contribution in [0, 0.1) is 12.7 Å². The summed E-state index contributed by atoms with van der Waals surface area (Å²) < 4.78 is 14.3. The third-order valence-electron chi connectivity index (χ3n) is 2.57. The molecule has 0 heterocycles. The average molecular weight is 324 g/mol. The van der Waals surface area contributed by atoms with E-state index in [1.165, 1.54) is 12.1 Å². The minimum atomic E-state index is -0.763. The summed E-state index contributed by atoms with van der Waals surface area (Å²) in [5, 5.41) is 11.7. The summed E-state index contributed by atoms with van der Waals surface area (Å²) in [7, 11) is 0. The molecule has 0 radical (unpaired) electrons. The highest BCUT2D eigenvalue weighted by Crippen LogP contribution is 2.24. The second-order valence-corrected chi connectivity index (χ2v) is 4.96. The van der Waals surface area contributed by atoms with Crippen LogP contribution in [0.25, 0.3) is 0 Å². The van der Waals surface area contributed by atoms with Crippen LogP contribution in [0.15, 0.2) is 40.9 Å². The second kappa shape index (κ2) is 5.40. The zero-order valence-corrected chi connectivity index (χ0v) is 11.7. The predicted octanol–water partition coefficient (Wildman–Crippen LogP) is 3.85. The molecule has 0 atom stereocenters. The lowest BCUT2D eigenvalue weighted by molar-refractivity contribution is 0.102. The number of phenolic OH excluding ortho intramolecular Hbond substituents is 1. The van der Waals surface area contributed by atoms with Crippen LogP contribution < -0.4 is 5.32 Å². The lowest BCUT2D eigenvalue weighted by atomic mass is 10.1. The van der Waals surface area contributed by atoms with Gasteiger partial charge in [0.25, 0.3) is 5.91 Å². The molecule has 2 rings (SSSR count). The van der Waals surface area contributed by atoms with Gasteiger partial charge < -0.3 is 10.4 Å². The van der Waals surface area contributed by atoms with Gasteiger partial charge in [0.1, 0.15) is 11.6 Å². The van der Waals surface area contributed by atoms with Gasteiger partial charge in [0.15, 0.2) is 0 Å². The van der Waals surface area contributed by atoms with Gasteiger partial charge in [0.2, 0.25) is 0 Å². The van der Waals surface area contributed by atoms with Crippen molar-refractivity contribution in [3.8, 4) is 5.75 Å². The molecule has 98 valence electrons. The number of hydrogen-bond acceptors (Lipinski definition) is 2. The van der Waals surface area contributed by atoms with Crippen molar-refractivity contribution in [2.45, 2.75) is 6.92 Å². The number of anilines is 1. The third kappa shape index (κ3) is 3.12. The Kier molecular flexibility index (Phi) is 3.85. The van der Waals surface area contributed by atoms with Crippen LogP contribution in [0.1, 0.15) is 15.9 Å². The SMILES string of the molecule is Cc1ccc(NC(=O)c2ccc(O)cc2F)c(Br)c1. The molecule has 1 amide bonds. The van der Waals surface area contributed by atoms with Gasteiger partial charge in [-0.1, -0.05) is 6.07 Å². The van der Waals surface area contributed by atoms with Gasteiger partial charge in [0, 0.05) is 10.5 Å². The number of amides is 1. The van der Waals surface area contributed by atoms with Gasteiger partial charge in [-0.05, 0) is 52.7 Å². The van der Waals surface area contributed by atoms with Crippen molar-refractivity contribution >= 4 is 27.5 Å². The molecule has 2 aromatic rings. The van der Waals surface area contributed by atoms with E-state index in [4.69, 9.17) is 5.11 Å². The van der Waals surface area contributed by atoms with Crippen LogP contribution >= 0.6 is 15.9 Å². The number of nitrogens with one attached hydrogen (secondary N) is 1. The maximum absolute atomic E-state index is 13.5. The summed E-state index contributed by atoms with van der Waals surface area (Å²) in [4.78, 5) is 11.9. The number of benzene rings is 2. The van der Waals surface area contributed by atoms with Crippen LogP contribution in [0.2, 0.25) is 0 Å². The van der Waals surface area contributed by atoms with Crippen LogP contribution in [0.3, 0.4) is 0 Å². The minimum Gasteiger partial charge on any atom is -0.508 e. The zero-order chi connectivity index (χ0) is 14.0. The van der Waals surface area contributed by atoms with Crippen molar-refractivity contribution < 1.29 is 14.3 Å². The van der Waals surface area contributed by atoms with Gasteiger partial charge in [-0.15, -0.1) is 0 Å². The first-order valence-corrected chi connectivity index (χ1v) is 6.32. The molecule has 0 aliphatic carbocycles. The highest BCUT2D eigenvalue weighted by Gasteiger charge is 2.13. The highest BCUT2D eigenvalue weighted by molar-refractivity contribution is 9.10. The monoisotopic (exact) mass is 323 g/mol. The summed E-state index contributed by atoms with van der Waals surface area (Å²) in [5.74, 6) is -1.55. The van der Waals surface area contributed by atoms with Gasteiger partial charge in [-0.25, -0.2) is 4.39 Å². The molecule has 2 N–H and O–H groups in total. The standard InChI is InChI=1S/C14H11BrFNO2/c1-8-2-5-13(11(15)6-8)17-14(19)10-4-3-9(18)7-12(10)16/h2-7,18H,1H3,(H,17,19). The fourth-order valence-electron chi connectivity index (χ4n) is 1.60. The summed E-state index contributed by atoms with van der Waals surface area (Å²) in [5.41, 5.74) is 1.48. The molecule has 5 heteroatoms. The Bertz CT molecular complexity index is 643. The Labute approximate surface area is 118 Å². The van der Waals surface area contributed by atoms with Crippen molar-refractivity contribution in [1.29, 1.82) is 0 Å². The Morgan fingerprint density at radius 2 is 2.00 bits per heavy atom. The van der Waals surface area contributed by atoms with E-state index in [1.807, 2.05) is 19.1 Å². The lowest BCUT2D eigenvalue weighted by Gasteiger charge is -2.09. The van der Waals surface area contributed by atoms with Gasteiger partial charge >= 0.3 is 0 Å². The fourth-order valence-corrected chi connectivity index (χ4v) is 2.19. The molecular formula is C14H11BrFNO2. The van der Waals surface area contributed by atoms with Gasteiger partial charge in [0.05, 0.1) is 11.3 Å². The van der Waals surface area contributed by atoms with E-state index in [0.29, 0.717) is 5.69 Å². The average Bonchev–Trinajstić information content (AvgIpc) is 2.32. The number of halogens is 2. The Morgan fingerprint density at radius 3 is 2.63 bits per heavy atom. The van der Waals surface area contributed by atoms with Gasteiger partial charge in [-0.2, -0.15) is 0 Å². The number of aromatic hydroxyl groups is 1. The van der Waals surface area contributed by atoms with E-state index < -0.39 is 11.7 Å². The molecule has 0 aromatic heterocycles. The smallest absolute Gasteiger partial charge is 0.258 e. The van der Waals surface area contributed by atoms with E-state index in [2.05, 4.69) is 21.2 Å². The second-order valence-electron chi connectivity index (χ2n) is 4.10. The fraction of sp³-hybridized carbons (Fsp3) is 0.0714. The van der Waals surface area contributed by atoms with Crippen LogP contribution in [-0.2, 0) is 0 Å². The molecule has 0 aliphatic heterocycles. The number of carbonyl (C=O) groups is 1. The topological polar surface area (TPSA) is 49.3 Å². The maximum Gasteiger partial charge on any atom is 0.258 e. The number of hydrogen-bond donors (Lipinski definition) is 2. The minimum absolute atomic E-state index is 0.120. The Balaban J connectivity index is 2.25. The van der Waals surface area contributed by atoms with E-state index in [-0.39, 0.29) is 11.3 Å². The molecule has 0 saturated heterocycles. The van der Waals surface area contributed by atoms with Crippen molar-refractivity contribution in [1.82, 2.24) is 0 Å². The molecule has 19 heavy (non-hydrogen) atoms. The molecule has 0 spiro atoms. The number of phenols is 1. The lowest BCUT2D eigenvalue weighted by Crippen LogP contribution is -2.14. The largest absolute Gasteiger partial charge is 0.508 e. The summed E-state index contributed by atoms with van der Waals surface area (Å²) in [6, 6.07) is 8.83. The molecular weight excluding hydrogens is 313 g/mol. The van der Waals surface area contributed by atoms with Crippen LogP contribution in [0.5, 0.6) is 5.75 Å². The first-order valence-electron chi connectivity index (χ1n) is 5.53. The van der Waals surface area contributed by atoms with Crippen molar-refractivity contribution in [3.63, 3.8) is 0 Å². The first-order chi connectivity index (χ1) is 8.97. The van der Waals surface area contributed by atoms with E-state index in [9.17, 15) is 9.18 Å². The van der Waals surface area contributed by atoms with Gasteiger partial charge in [-0.3, -0.25) is 4.79 Å². The zero-order valence-electron chi connectivity index (χ0n) is 10.1. The van der Waals surface area contributed by atoms with Crippen molar-refractivity contribution in [3.05, 3.63) is 57.8 Å². The molecule has 0 aliphatic rings. The van der Waals surface area contributed by atoms with Crippen molar-refractivity contribution in [2.24, 2.45) is 0 Å². The summed E-state index contributed by atoms with van der Waals surface area (Å²) in [6.07, 6.45) is 0. The Morgan fingerprint density at radius 1 is 1.26 bits per heavy atom. The highest BCUT2D eigenvalue weighted by atomic mass is 79.9. The maximum atomic E-state index is 13.5. The molecule has 0 fully saturated rings. The first kappa shape index (κ1) is 13.5. The Hall–Kier alpha value is -1.88. The normalized spacial score (nSPS) is 10.3. The molecule has 0 saturated carbocycles. The van der Waals surface area contributed by atoms with Crippen molar-refractivity contribution in [2.75, 3.05) is 5.32 Å². The van der Waals surface area contributed by atoms with E-state index in [0.717, 1.165) is 16.1 Å². The summed E-state index contributed by atoms with van der Waals surface area (Å²) in [6.45, 7) is 1.93. The van der Waals surface area contributed by atoms with E-state index >= 15 is 0 Å². The number of carbonyl (C=O) groups excluding carboxylic acids is 1. The molecule has 2 aromatic carbocycles. The van der Waals surface area contributed by atoms with Crippen LogP contribution in [0.4, 0.5) is 10.1 Å². The van der Waals surface area contributed by atoms with E-state index in [1.54, 1.807) is 6.07 Å². The quantitative estimate of drug-likeness (QED) is 0.881. The number of aryl methyl sites for hydroxylation is 1.